The van der Waals surface area contributed by atoms with E-state index < -0.39 is 12.1 Å². The molecule has 0 aromatic carbocycles. The van der Waals surface area contributed by atoms with Crippen LogP contribution in [0.3, 0.4) is 0 Å². The average Bonchev–Trinajstić information content (AvgIpc) is 2.41. The molecule has 1 aromatic rings. The Hall–Kier alpha value is -2.25. The minimum absolute atomic E-state index is 0.102. The molecule has 2 N–H and O–H groups in total. The number of rotatable bonds is 6. The van der Waals surface area contributed by atoms with E-state index in [0.29, 0.717) is 18.4 Å². The van der Waals surface area contributed by atoms with E-state index in [1.54, 1.807) is 6.20 Å². The number of aromatic nitrogens is 1. The molecule has 0 unspecified atom stereocenters. The van der Waals surface area contributed by atoms with Gasteiger partial charge in [-0.1, -0.05) is 0 Å². The minimum Gasteiger partial charge on any atom is -0.349 e. The van der Waals surface area contributed by atoms with E-state index >= 15 is 0 Å². The molecule has 0 aliphatic carbocycles. The van der Waals surface area contributed by atoms with Crippen LogP contribution >= 0.6 is 0 Å². The van der Waals surface area contributed by atoms with Crippen LogP contribution in [0.2, 0.25) is 0 Å². The number of amides is 1. The molecule has 1 rings (SSSR count). The number of allylic oxidation sites excluding steroid dienone is 1. The van der Waals surface area contributed by atoms with Crippen molar-refractivity contribution in [3.63, 3.8) is 0 Å². The smallest absolute Gasteiger partial charge is 0.349 e. The molecule has 0 radical (unpaired) electrons. The number of carbonyl (C=O) groups is 1. The first kappa shape index (κ1) is 16.8. The van der Waals surface area contributed by atoms with Crippen LogP contribution in [0.4, 0.5) is 19.0 Å². The molecule has 0 spiro atoms. The number of pyridine rings is 1. The second kappa shape index (κ2) is 7.51. The van der Waals surface area contributed by atoms with Gasteiger partial charge < -0.3 is 10.2 Å². The summed E-state index contributed by atoms with van der Waals surface area (Å²) < 4.78 is 37.1. The Bertz CT molecular complexity index is 516. The van der Waals surface area contributed by atoms with Crippen LogP contribution in [0.1, 0.15) is 5.56 Å². The highest BCUT2D eigenvalue weighted by Crippen LogP contribution is 2.15. The lowest BCUT2D eigenvalue weighted by atomic mass is 10.3. The van der Waals surface area contributed by atoms with Crippen molar-refractivity contribution >= 4 is 11.7 Å². The zero-order chi connectivity index (χ0) is 15.9. The number of hydrogen-bond acceptors (Lipinski definition) is 3. The summed E-state index contributed by atoms with van der Waals surface area (Å²) in [6.07, 6.45) is -2.40. The van der Waals surface area contributed by atoms with Gasteiger partial charge in [0.05, 0.1) is 6.54 Å². The Morgan fingerprint density at radius 2 is 2.14 bits per heavy atom. The number of hydrogen-bond donors (Lipinski definition) is 2. The summed E-state index contributed by atoms with van der Waals surface area (Å²) in [5.74, 6) is -0.115. The Morgan fingerprint density at radius 3 is 2.76 bits per heavy atom. The van der Waals surface area contributed by atoms with Crippen molar-refractivity contribution in [2.45, 2.75) is 13.1 Å². The maximum Gasteiger partial charge on any atom is 0.409 e. The van der Waals surface area contributed by atoms with E-state index in [4.69, 9.17) is 4.84 Å². The maximum atomic E-state index is 11.9. The molecule has 1 heterocycles. The molecular weight excluding hydrogens is 287 g/mol. The predicted octanol–water partition coefficient (Wildman–Crippen LogP) is 0.988. The third-order valence-corrected chi connectivity index (χ3v) is 2.43. The monoisotopic (exact) mass is 304 g/mol. The standard InChI is InChI=1S/C13H16F3N3O2/c1-10-4-8-19(21-2)11(9-10)17-6-7-18-12(20)3-5-13(14,15)16/h3-5,8-9H,6-7H2,1-2H3,(H,18,20)/p+1/b5-3+. The molecule has 1 aromatic heterocycles. The van der Waals surface area contributed by atoms with Crippen molar-refractivity contribution in [3.8, 4) is 0 Å². The van der Waals surface area contributed by atoms with E-state index in [2.05, 4.69) is 10.6 Å². The number of anilines is 1. The van der Waals surface area contributed by atoms with Gasteiger partial charge in [-0.3, -0.25) is 10.1 Å². The van der Waals surface area contributed by atoms with Crippen molar-refractivity contribution in [2.75, 3.05) is 25.5 Å². The van der Waals surface area contributed by atoms with Crippen LogP contribution in [-0.2, 0) is 4.79 Å². The van der Waals surface area contributed by atoms with Gasteiger partial charge in [-0.2, -0.15) is 13.2 Å². The number of alkyl halides is 3. The summed E-state index contributed by atoms with van der Waals surface area (Å²) in [6.45, 7) is 2.44. The number of aryl methyl sites for hydroxylation is 1. The lowest BCUT2D eigenvalue weighted by molar-refractivity contribution is -0.874. The topological polar surface area (TPSA) is 54.2 Å². The molecule has 0 aliphatic heterocycles. The number of nitrogens with one attached hydrogen (secondary N) is 2. The molecule has 1 amide bonds. The highest BCUT2D eigenvalue weighted by Gasteiger charge is 2.22. The quantitative estimate of drug-likeness (QED) is 0.468. The third-order valence-electron chi connectivity index (χ3n) is 2.43. The molecule has 0 aliphatic rings. The van der Waals surface area contributed by atoms with Crippen LogP contribution in [0.15, 0.2) is 30.5 Å². The summed E-state index contributed by atoms with van der Waals surface area (Å²) in [7, 11) is 1.50. The van der Waals surface area contributed by atoms with E-state index in [0.717, 1.165) is 5.56 Å². The first-order valence-corrected chi connectivity index (χ1v) is 6.16. The van der Waals surface area contributed by atoms with E-state index in [1.165, 1.54) is 11.8 Å². The Labute approximate surface area is 120 Å². The zero-order valence-electron chi connectivity index (χ0n) is 11.7. The first-order chi connectivity index (χ1) is 9.81. The normalized spacial score (nSPS) is 11.5. The van der Waals surface area contributed by atoms with Gasteiger partial charge in [-0.05, 0) is 23.3 Å². The first-order valence-electron chi connectivity index (χ1n) is 6.16. The van der Waals surface area contributed by atoms with E-state index in [-0.39, 0.29) is 12.6 Å². The number of nitrogens with zero attached hydrogens (tertiary/aromatic N) is 1. The number of carbonyl (C=O) groups excluding carboxylic acids is 1. The SMILES string of the molecule is CO[n+]1ccc(C)cc1NCCNC(=O)/C=C/C(F)(F)F. The van der Waals surface area contributed by atoms with Crippen LogP contribution in [0.25, 0.3) is 0 Å². The third kappa shape index (κ3) is 6.64. The van der Waals surface area contributed by atoms with Crippen molar-refractivity contribution in [2.24, 2.45) is 0 Å². The average molecular weight is 304 g/mol. The second-order valence-corrected chi connectivity index (χ2v) is 4.19. The molecule has 8 heteroatoms. The zero-order valence-corrected chi connectivity index (χ0v) is 11.7. The molecule has 0 atom stereocenters. The summed E-state index contributed by atoms with van der Waals surface area (Å²) in [4.78, 5) is 16.2. The highest BCUT2D eigenvalue weighted by atomic mass is 19.4. The van der Waals surface area contributed by atoms with Crippen LogP contribution in [0.5, 0.6) is 0 Å². The molecular formula is C13H17F3N3O2+. The van der Waals surface area contributed by atoms with Crippen LogP contribution in [0, 0.1) is 6.92 Å². The summed E-state index contributed by atoms with van der Waals surface area (Å²) in [6, 6.07) is 3.70. The molecule has 21 heavy (non-hydrogen) atoms. The fourth-order valence-corrected chi connectivity index (χ4v) is 1.49. The van der Waals surface area contributed by atoms with Gasteiger partial charge in [0.25, 0.3) is 0 Å². The summed E-state index contributed by atoms with van der Waals surface area (Å²) >= 11 is 0. The van der Waals surface area contributed by atoms with Gasteiger partial charge >= 0.3 is 12.0 Å². The second-order valence-electron chi connectivity index (χ2n) is 4.19. The van der Waals surface area contributed by atoms with Gasteiger partial charge in [-0.15, -0.1) is 0 Å². The molecule has 5 nitrogen and oxygen atoms in total. The largest absolute Gasteiger partial charge is 0.409 e. The molecule has 0 saturated heterocycles. The van der Waals surface area contributed by atoms with Gasteiger partial charge in [0, 0.05) is 18.2 Å². The maximum absolute atomic E-state index is 11.9. The van der Waals surface area contributed by atoms with Gasteiger partial charge in [0.15, 0.2) is 0 Å². The van der Waals surface area contributed by atoms with E-state index in [1.807, 2.05) is 19.1 Å². The number of halogens is 3. The van der Waals surface area contributed by atoms with Crippen molar-refractivity contribution in [1.29, 1.82) is 0 Å². The van der Waals surface area contributed by atoms with Crippen molar-refractivity contribution < 1.29 is 27.5 Å². The van der Waals surface area contributed by atoms with E-state index in [9.17, 15) is 18.0 Å². The minimum atomic E-state index is -4.48. The summed E-state index contributed by atoms with van der Waals surface area (Å²) in [5, 5.41) is 5.35. The van der Waals surface area contributed by atoms with Gasteiger partial charge in [-0.25, -0.2) is 0 Å². The lowest BCUT2D eigenvalue weighted by Gasteiger charge is -2.06. The Kier molecular flexibility index (Phi) is 6.01. The summed E-state index contributed by atoms with van der Waals surface area (Å²) in [5.41, 5.74) is 1.02. The predicted molar refractivity (Wildman–Crippen MR) is 70.6 cm³/mol. The molecule has 116 valence electrons. The molecule has 0 saturated carbocycles. The fourth-order valence-electron chi connectivity index (χ4n) is 1.49. The van der Waals surface area contributed by atoms with Gasteiger partial charge in [0.1, 0.15) is 19.9 Å². The highest BCUT2D eigenvalue weighted by molar-refractivity contribution is 5.87. The van der Waals surface area contributed by atoms with Crippen molar-refractivity contribution in [3.05, 3.63) is 36.0 Å². The fraction of sp³-hybridized carbons (Fsp3) is 0.385. The lowest BCUT2D eigenvalue weighted by Crippen LogP contribution is -2.43. The van der Waals surface area contributed by atoms with Crippen LogP contribution < -0.4 is 20.2 Å². The van der Waals surface area contributed by atoms with Crippen molar-refractivity contribution in [1.82, 2.24) is 5.32 Å². The molecule has 0 bridgehead atoms. The van der Waals surface area contributed by atoms with Crippen LogP contribution in [-0.4, -0.2) is 32.3 Å². The Balaban J connectivity index is 2.39. The Morgan fingerprint density at radius 1 is 1.43 bits per heavy atom. The molecule has 0 fully saturated rings. The van der Waals surface area contributed by atoms with Gasteiger partial charge in [0.2, 0.25) is 5.91 Å².